The van der Waals surface area contributed by atoms with Gasteiger partial charge in [0.2, 0.25) is 0 Å². The van der Waals surface area contributed by atoms with Gasteiger partial charge in [-0.2, -0.15) is 0 Å². The molecule has 1 unspecified atom stereocenters. The molecule has 3 aromatic rings. The quantitative estimate of drug-likeness (QED) is 0.0494. The molecule has 0 heterocycles. The van der Waals surface area contributed by atoms with E-state index < -0.39 is 0 Å². The second kappa shape index (κ2) is 64.7. The van der Waals surface area contributed by atoms with Gasteiger partial charge in [-0.1, -0.05) is 546 Å². The Morgan fingerprint density at radius 3 is 0.593 bits per heavy atom. The molecular weight excluding hydrogens is 1430 g/mol. The van der Waals surface area contributed by atoms with Crippen molar-refractivity contribution in [3.63, 3.8) is 0 Å². The Kier molecular flexibility index (Phi) is 59.9. The smallest absolute Gasteiger partial charge is 0.119 e. The van der Waals surface area contributed by atoms with Crippen LogP contribution in [0.4, 0.5) is 0 Å². The molecule has 0 aliphatic carbocycles. The van der Waals surface area contributed by atoms with Crippen LogP contribution in [0.5, 0.6) is 17.2 Å². The minimum Gasteiger partial charge on any atom is -0.508 e. The first-order valence-electron chi connectivity index (χ1n) is 53.4. The molecule has 0 radical (unpaired) electrons. The van der Waals surface area contributed by atoms with Gasteiger partial charge in [-0.15, -0.1) is 0 Å². The molecule has 0 fully saturated rings. The molecule has 0 spiro atoms. The summed E-state index contributed by atoms with van der Waals surface area (Å²) >= 11 is 0. The maximum Gasteiger partial charge on any atom is 0.119 e. The van der Waals surface area contributed by atoms with Crippen molar-refractivity contribution in [2.45, 2.75) is 615 Å². The Morgan fingerprint density at radius 2 is 0.381 bits per heavy atom. The molecule has 3 rings (SSSR count). The molecule has 0 saturated carbocycles. The Labute approximate surface area is 739 Å². The highest BCUT2D eigenvalue weighted by Crippen LogP contribution is 2.72. The van der Waals surface area contributed by atoms with Crippen molar-refractivity contribution in [2.75, 3.05) is 0 Å². The molecule has 118 heavy (non-hydrogen) atoms. The van der Waals surface area contributed by atoms with Gasteiger partial charge < -0.3 is 15.3 Å². The first kappa shape index (κ1) is 109. The summed E-state index contributed by atoms with van der Waals surface area (Å²) in [6.07, 6.45) is 95.4. The molecule has 0 amide bonds. The third-order valence-electron chi connectivity index (χ3n) is 29.3. The molecule has 686 valence electrons. The highest BCUT2D eigenvalue weighted by molar-refractivity contribution is 5.57. The van der Waals surface area contributed by atoms with E-state index >= 15 is 0 Å². The first-order chi connectivity index (χ1) is 56.8. The molecule has 3 nitrogen and oxygen atoms in total. The lowest BCUT2D eigenvalue weighted by molar-refractivity contribution is -0.0753. The lowest BCUT2D eigenvalue weighted by Gasteiger charge is -2.66. The molecule has 3 heteroatoms. The van der Waals surface area contributed by atoms with E-state index in [1.165, 1.54) is 471 Å². The molecule has 3 aromatic carbocycles. The standard InChI is InChI=1S/C115H208O3/c1-19-25-31-37-43-49-55-61-67-73-79-85-113(86-80-74-68-62-56-50-44-38-32-26-20-2,87-81-75-69-63-57-51-45-39-33-27-21-3)115(90-84-78-72-66-60-54-48-42-36-30-24-6,102-96-105(112(16,17)18)108(118)93-99(102)9)114(88-82-76-70-64-58-52-46-40-34-28-22-4,89-83-77-71-65-59-53-47-41-35-29-23-5)109(100-94-103(110(10,11)12)106(116)91-97(100)7)101-95-104(111(13,14)15)107(117)92-98(101)8/h91-96,109,116-118H,19-90H2,1-18H3. The summed E-state index contributed by atoms with van der Waals surface area (Å²) in [4.78, 5) is 0. The summed E-state index contributed by atoms with van der Waals surface area (Å²) < 4.78 is 0. The van der Waals surface area contributed by atoms with Gasteiger partial charge in [0.05, 0.1) is 0 Å². The van der Waals surface area contributed by atoms with Crippen LogP contribution >= 0.6 is 0 Å². The van der Waals surface area contributed by atoms with Gasteiger partial charge in [-0.05, 0) is 155 Å². The number of phenols is 3. The molecular formula is C115H208O3. The summed E-state index contributed by atoms with van der Waals surface area (Å²) in [7, 11) is 0. The van der Waals surface area contributed by atoms with Crippen molar-refractivity contribution in [3.8, 4) is 17.2 Å². The van der Waals surface area contributed by atoms with E-state index in [-0.39, 0.29) is 38.4 Å². The monoisotopic (exact) mass is 1640 g/mol. The normalized spacial score (nSPS) is 13.1. The topological polar surface area (TPSA) is 60.7 Å². The Morgan fingerprint density at radius 1 is 0.203 bits per heavy atom. The van der Waals surface area contributed by atoms with Crippen LogP contribution < -0.4 is 0 Å². The number of benzene rings is 3. The summed E-state index contributed by atoms with van der Waals surface area (Å²) in [5, 5.41) is 38.8. The van der Waals surface area contributed by atoms with Crippen molar-refractivity contribution in [1.29, 1.82) is 0 Å². The van der Waals surface area contributed by atoms with Crippen LogP contribution in [-0.4, -0.2) is 15.3 Å². The number of hydrogen-bond donors (Lipinski definition) is 3. The number of aromatic hydroxyl groups is 3. The van der Waals surface area contributed by atoms with Crippen molar-refractivity contribution < 1.29 is 15.3 Å². The van der Waals surface area contributed by atoms with Crippen molar-refractivity contribution in [1.82, 2.24) is 0 Å². The lowest BCUT2D eigenvalue weighted by atomic mass is 9.37. The molecule has 0 aromatic heterocycles. The highest BCUT2D eigenvalue weighted by Gasteiger charge is 2.65. The van der Waals surface area contributed by atoms with Crippen molar-refractivity contribution in [2.24, 2.45) is 10.8 Å². The Balaban J connectivity index is 2.98. The summed E-state index contributed by atoms with van der Waals surface area (Å²) in [6.45, 7) is 42.9. The number of phenolic OH excluding ortho intramolecular Hbond substituents is 3. The van der Waals surface area contributed by atoms with E-state index in [4.69, 9.17) is 0 Å². The summed E-state index contributed by atoms with van der Waals surface area (Å²) in [5.41, 5.74) is 9.65. The van der Waals surface area contributed by atoms with Crippen LogP contribution in [0.15, 0.2) is 36.4 Å². The minimum absolute atomic E-state index is 0.0764. The van der Waals surface area contributed by atoms with E-state index in [9.17, 15) is 15.3 Å². The first-order valence-corrected chi connectivity index (χ1v) is 53.4. The van der Waals surface area contributed by atoms with Crippen LogP contribution in [0.3, 0.4) is 0 Å². The lowest BCUT2D eigenvalue weighted by Crippen LogP contribution is -2.60. The molecule has 0 aliphatic heterocycles. The van der Waals surface area contributed by atoms with E-state index in [1.807, 2.05) is 0 Å². The third-order valence-corrected chi connectivity index (χ3v) is 29.3. The molecule has 0 saturated heterocycles. The second-order valence-electron chi connectivity index (χ2n) is 42.9. The SMILES string of the molecule is CCCCCCCCCCCCCC(CCCCCCCCCCCCC)(CCCCCCCCCCCCC)C(CCCCCCCCCCCCC)(c1cc(C(C)(C)C)c(O)cc1C)C(CCCCCCCCCCCCC)(CCCCCCCCCCCCC)C(c1cc(C(C)(C)C)c(O)cc1C)c1cc(C(C)(C)C)c(O)cc1C. The van der Waals surface area contributed by atoms with Crippen LogP contribution in [0, 0.1) is 31.6 Å². The van der Waals surface area contributed by atoms with E-state index in [0.29, 0.717) is 17.2 Å². The Bertz CT molecular complexity index is 2720. The number of aryl methyl sites for hydroxylation is 3. The van der Waals surface area contributed by atoms with E-state index in [0.717, 1.165) is 36.0 Å². The predicted molar refractivity (Wildman–Crippen MR) is 529 cm³/mol. The van der Waals surface area contributed by atoms with Gasteiger partial charge in [-0.3, -0.25) is 0 Å². The molecule has 3 N–H and O–H groups in total. The average molecular weight is 1640 g/mol. The van der Waals surface area contributed by atoms with Crippen LogP contribution in [0.25, 0.3) is 0 Å². The molecule has 0 bridgehead atoms. The van der Waals surface area contributed by atoms with Crippen LogP contribution in [-0.2, 0) is 21.7 Å². The van der Waals surface area contributed by atoms with Crippen molar-refractivity contribution in [3.05, 3.63) is 86.5 Å². The zero-order valence-corrected chi connectivity index (χ0v) is 83.3. The summed E-state index contributed by atoms with van der Waals surface area (Å²) in [6, 6.07) is 14.8. The van der Waals surface area contributed by atoms with Crippen LogP contribution in [0.2, 0.25) is 0 Å². The van der Waals surface area contributed by atoms with E-state index in [2.05, 4.69) is 161 Å². The zero-order valence-electron chi connectivity index (χ0n) is 83.3. The van der Waals surface area contributed by atoms with Gasteiger partial charge in [0.1, 0.15) is 17.2 Å². The fraction of sp³-hybridized carbons (Fsp3) is 0.843. The van der Waals surface area contributed by atoms with Gasteiger partial charge in [0, 0.05) is 11.3 Å². The predicted octanol–water partition coefficient (Wildman–Crippen LogP) is 39.9. The third kappa shape index (κ3) is 41.5. The van der Waals surface area contributed by atoms with Crippen LogP contribution in [0.1, 0.15) is 622 Å². The summed E-state index contributed by atoms with van der Waals surface area (Å²) in [5.74, 6) is 1.27. The highest BCUT2D eigenvalue weighted by atomic mass is 16.3. The number of hydrogen-bond acceptors (Lipinski definition) is 3. The fourth-order valence-electron chi connectivity index (χ4n) is 22.2. The maximum absolute atomic E-state index is 13.1. The average Bonchev–Trinajstić information content (AvgIpc) is 0.681. The van der Waals surface area contributed by atoms with Gasteiger partial charge in [0.15, 0.2) is 0 Å². The number of unbranched alkanes of at least 4 members (excludes halogenated alkanes) is 60. The van der Waals surface area contributed by atoms with Gasteiger partial charge in [-0.25, -0.2) is 0 Å². The fourth-order valence-corrected chi connectivity index (χ4v) is 22.2. The van der Waals surface area contributed by atoms with Crippen molar-refractivity contribution >= 4 is 0 Å². The van der Waals surface area contributed by atoms with Gasteiger partial charge >= 0.3 is 0 Å². The zero-order chi connectivity index (χ0) is 86.7. The number of rotatable bonds is 78. The largest absolute Gasteiger partial charge is 0.508 e. The molecule has 0 aliphatic rings. The Hall–Kier alpha value is -2.94. The second-order valence-corrected chi connectivity index (χ2v) is 42.9. The van der Waals surface area contributed by atoms with Gasteiger partial charge in [0.25, 0.3) is 0 Å². The van der Waals surface area contributed by atoms with E-state index in [1.54, 1.807) is 5.56 Å². The maximum atomic E-state index is 13.1. The molecule has 1 atom stereocenters. The minimum atomic E-state index is -0.382.